The average Bonchev–Trinajstić information content (AvgIpc) is 3.02. The molecule has 1 aliphatic heterocycles. The van der Waals surface area contributed by atoms with Crippen molar-refractivity contribution in [3.8, 4) is 5.69 Å². The largest absolute Gasteiger partial charge is 0.313 e. The van der Waals surface area contributed by atoms with Crippen molar-refractivity contribution in [3.63, 3.8) is 0 Å². The molecule has 0 amide bonds. The van der Waals surface area contributed by atoms with Gasteiger partial charge in [-0.05, 0) is 76.5 Å². The summed E-state index contributed by atoms with van der Waals surface area (Å²) >= 11 is 6.46. The van der Waals surface area contributed by atoms with Crippen LogP contribution in [0.4, 0.5) is 0 Å². The van der Waals surface area contributed by atoms with Crippen molar-refractivity contribution in [2.75, 3.05) is 19.6 Å². The molecule has 0 unspecified atom stereocenters. The van der Waals surface area contributed by atoms with E-state index in [2.05, 4.69) is 56.9 Å². The van der Waals surface area contributed by atoms with E-state index in [0.717, 1.165) is 23.0 Å². The van der Waals surface area contributed by atoms with Gasteiger partial charge in [0.05, 0.1) is 5.52 Å². The van der Waals surface area contributed by atoms with Gasteiger partial charge in [0.15, 0.2) is 0 Å². The van der Waals surface area contributed by atoms with Crippen molar-refractivity contribution in [2.45, 2.75) is 39.0 Å². The maximum atomic E-state index is 6.46. The highest BCUT2D eigenvalue weighted by Crippen LogP contribution is 2.30. The lowest BCUT2D eigenvalue weighted by Crippen LogP contribution is -2.30. The Kier molecular flexibility index (Phi) is 5.28. The predicted octanol–water partition coefficient (Wildman–Crippen LogP) is 5.41. The van der Waals surface area contributed by atoms with E-state index in [1.54, 1.807) is 0 Å². The Balaban J connectivity index is 1.65. The Morgan fingerprint density at radius 3 is 2.58 bits per heavy atom. The molecule has 0 bridgehead atoms. The molecule has 0 atom stereocenters. The summed E-state index contributed by atoms with van der Waals surface area (Å²) < 4.78 is 2.35. The van der Waals surface area contributed by atoms with Gasteiger partial charge < -0.3 is 9.47 Å². The third kappa shape index (κ3) is 3.65. The molecule has 136 valence electrons. The second-order valence-electron chi connectivity index (χ2n) is 7.30. The standard InChI is InChI=1S/C22H26ClN3/c1-17-15-21-20(22(23)24-17)16-19(26(21)18-9-4-2-5-10-18)11-8-14-25-12-6-3-7-13-25/h2,4-5,9-10,15-16H,3,6-8,11-14H2,1H3. The number of halogens is 1. The molecular weight excluding hydrogens is 342 g/mol. The Morgan fingerprint density at radius 2 is 1.81 bits per heavy atom. The Morgan fingerprint density at radius 1 is 1.04 bits per heavy atom. The molecule has 3 aromatic rings. The second-order valence-corrected chi connectivity index (χ2v) is 7.66. The summed E-state index contributed by atoms with van der Waals surface area (Å²) in [5, 5.41) is 1.65. The van der Waals surface area contributed by atoms with Crippen LogP contribution in [0, 0.1) is 6.92 Å². The minimum atomic E-state index is 0.604. The number of aryl methyl sites for hydroxylation is 2. The zero-order valence-corrected chi connectivity index (χ0v) is 16.2. The SMILES string of the molecule is Cc1cc2c(cc(CCCN3CCCCC3)n2-c2ccccc2)c(Cl)n1. The lowest BCUT2D eigenvalue weighted by molar-refractivity contribution is 0.226. The van der Waals surface area contributed by atoms with Gasteiger partial charge in [0.25, 0.3) is 0 Å². The Labute approximate surface area is 160 Å². The first-order chi connectivity index (χ1) is 12.7. The van der Waals surface area contributed by atoms with E-state index >= 15 is 0 Å². The summed E-state index contributed by atoms with van der Waals surface area (Å²) in [5.74, 6) is 0. The minimum absolute atomic E-state index is 0.604. The molecule has 0 radical (unpaired) electrons. The van der Waals surface area contributed by atoms with Crippen molar-refractivity contribution >= 4 is 22.5 Å². The molecule has 4 rings (SSSR count). The fraction of sp³-hybridized carbons (Fsp3) is 0.409. The monoisotopic (exact) mass is 367 g/mol. The number of para-hydroxylation sites is 1. The normalized spacial score (nSPS) is 15.6. The average molecular weight is 368 g/mol. The number of likely N-dealkylation sites (tertiary alicyclic amines) is 1. The van der Waals surface area contributed by atoms with E-state index in [1.807, 2.05) is 6.92 Å². The summed E-state index contributed by atoms with van der Waals surface area (Å²) in [4.78, 5) is 7.06. The summed E-state index contributed by atoms with van der Waals surface area (Å²) in [5.41, 5.74) is 4.62. The van der Waals surface area contributed by atoms with Gasteiger partial charge >= 0.3 is 0 Å². The summed E-state index contributed by atoms with van der Waals surface area (Å²) in [7, 11) is 0. The van der Waals surface area contributed by atoms with Crippen LogP contribution < -0.4 is 0 Å². The molecule has 0 saturated carbocycles. The molecule has 1 aliphatic rings. The van der Waals surface area contributed by atoms with Crippen molar-refractivity contribution < 1.29 is 0 Å². The van der Waals surface area contributed by atoms with Gasteiger partial charge in [-0.1, -0.05) is 36.2 Å². The number of aromatic nitrogens is 2. The van der Waals surface area contributed by atoms with Crippen LogP contribution in [0.3, 0.4) is 0 Å². The zero-order chi connectivity index (χ0) is 17.9. The van der Waals surface area contributed by atoms with Gasteiger partial charge in [0, 0.05) is 22.5 Å². The van der Waals surface area contributed by atoms with Gasteiger partial charge in [0.1, 0.15) is 5.15 Å². The lowest BCUT2D eigenvalue weighted by atomic mass is 10.1. The topological polar surface area (TPSA) is 21.1 Å². The van der Waals surface area contributed by atoms with E-state index < -0.39 is 0 Å². The van der Waals surface area contributed by atoms with Crippen molar-refractivity contribution in [1.29, 1.82) is 0 Å². The number of fused-ring (bicyclic) bond motifs is 1. The molecule has 3 heterocycles. The molecule has 1 fully saturated rings. The fourth-order valence-electron chi connectivity index (χ4n) is 4.07. The molecule has 1 aromatic carbocycles. The lowest BCUT2D eigenvalue weighted by Gasteiger charge is -2.26. The third-order valence-electron chi connectivity index (χ3n) is 5.33. The van der Waals surface area contributed by atoms with Gasteiger partial charge in [-0.2, -0.15) is 0 Å². The van der Waals surface area contributed by atoms with E-state index in [1.165, 1.54) is 56.7 Å². The molecule has 0 N–H and O–H groups in total. The molecule has 26 heavy (non-hydrogen) atoms. The Bertz CT molecular complexity index is 879. The van der Waals surface area contributed by atoms with Crippen LogP contribution in [0.25, 0.3) is 16.6 Å². The summed E-state index contributed by atoms with van der Waals surface area (Å²) in [6.07, 6.45) is 6.32. The van der Waals surface area contributed by atoms with Crippen LogP contribution in [-0.2, 0) is 6.42 Å². The number of hydrogen-bond acceptors (Lipinski definition) is 2. The first kappa shape index (κ1) is 17.6. The quantitative estimate of drug-likeness (QED) is 0.562. The van der Waals surface area contributed by atoms with Gasteiger partial charge in [-0.15, -0.1) is 0 Å². The smallest absolute Gasteiger partial charge is 0.138 e. The fourth-order valence-corrected chi connectivity index (χ4v) is 4.35. The van der Waals surface area contributed by atoms with Gasteiger partial charge in [-0.3, -0.25) is 0 Å². The highest BCUT2D eigenvalue weighted by molar-refractivity contribution is 6.34. The van der Waals surface area contributed by atoms with Crippen LogP contribution in [0.5, 0.6) is 0 Å². The van der Waals surface area contributed by atoms with Crippen LogP contribution >= 0.6 is 11.6 Å². The molecule has 1 saturated heterocycles. The minimum Gasteiger partial charge on any atom is -0.313 e. The number of hydrogen-bond donors (Lipinski definition) is 0. The molecule has 2 aromatic heterocycles. The second kappa shape index (κ2) is 7.81. The number of nitrogens with zero attached hydrogens (tertiary/aromatic N) is 3. The number of rotatable bonds is 5. The molecule has 4 heteroatoms. The highest BCUT2D eigenvalue weighted by Gasteiger charge is 2.15. The van der Waals surface area contributed by atoms with E-state index in [4.69, 9.17) is 11.6 Å². The third-order valence-corrected chi connectivity index (χ3v) is 5.62. The number of benzene rings is 1. The highest BCUT2D eigenvalue weighted by atomic mass is 35.5. The van der Waals surface area contributed by atoms with Gasteiger partial charge in [0.2, 0.25) is 0 Å². The summed E-state index contributed by atoms with van der Waals surface area (Å²) in [6.45, 7) is 5.71. The summed E-state index contributed by atoms with van der Waals surface area (Å²) in [6, 6.07) is 14.9. The maximum absolute atomic E-state index is 6.46. The maximum Gasteiger partial charge on any atom is 0.138 e. The first-order valence-corrected chi connectivity index (χ1v) is 10.1. The first-order valence-electron chi connectivity index (χ1n) is 9.67. The molecule has 3 nitrogen and oxygen atoms in total. The molecule has 0 aliphatic carbocycles. The van der Waals surface area contributed by atoms with Crippen LogP contribution in [0.1, 0.15) is 37.1 Å². The zero-order valence-electron chi connectivity index (χ0n) is 15.4. The number of pyridine rings is 1. The van der Waals surface area contributed by atoms with E-state index in [-0.39, 0.29) is 0 Å². The van der Waals surface area contributed by atoms with E-state index in [9.17, 15) is 0 Å². The van der Waals surface area contributed by atoms with Gasteiger partial charge in [-0.25, -0.2) is 4.98 Å². The predicted molar refractivity (Wildman–Crippen MR) is 109 cm³/mol. The van der Waals surface area contributed by atoms with Crippen LogP contribution in [0.15, 0.2) is 42.5 Å². The van der Waals surface area contributed by atoms with Crippen molar-refractivity contribution in [3.05, 3.63) is 59.0 Å². The van der Waals surface area contributed by atoms with Crippen LogP contribution in [-0.4, -0.2) is 34.1 Å². The molecule has 0 spiro atoms. The molecular formula is C22H26ClN3. The van der Waals surface area contributed by atoms with E-state index in [0.29, 0.717) is 5.15 Å². The van der Waals surface area contributed by atoms with Crippen molar-refractivity contribution in [1.82, 2.24) is 14.5 Å². The van der Waals surface area contributed by atoms with Crippen molar-refractivity contribution in [2.24, 2.45) is 0 Å². The van der Waals surface area contributed by atoms with Crippen LogP contribution in [0.2, 0.25) is 5.15 Å². The number of piperidine rings is 1. The Hall–Kier alpha value is -1.84.